The van der Waals surface area contributed by atoms with Gasteiger partial charge in [0.2, 0.25) is 5.91 Å². The highest BCUT2D eigenvalue weighted by molar-refractivity contribution is 5.86. The van der Waals surface area contributed by atoms with E-state index < -0.39 is 0 Å². The molecule has 0 bridgehead atoms. The molecule has 9 nitrogen and oxygen atoms in total. The Kier molecular flexibility index (Phi) is 7.79. The number of aromatic nitrogens is 2. The first-order valence-corrected chi connectivity index (χ1v) is 12.1. The summed E-state index contributed by atoms with van der Waals surface area (Å²) in [6, 6.07) is 11.4. The number of methoxy groups -OCH3 is 3. The molecule has 1 fully saturated rings. The number of aryl methyl sites for hydroxylation is 2. The monoisotopic (exact) mass is 494 g/mol. The Bertz CT molecular complexity index is 1310. The van der Waals surface area contributed by atoms with Crippen LogP contribution in [0.4, 0.5) is 5.69 Å². The molecule has 1 aromatic heterocycles. The number of piperazine rings is 1. The van der Waals surface area contributed by atoms with Gasteiger partial charge >= 0.3 is 0 Å². The SMILES string of the molecule is COc1ccc(CCn2c(C)nc3cc(N4CCN(C[C@H](C)OC)C(=O)C4)ccc3c2=O)cc1OC. The summed E-state index contributed by atoms with van der Waals surface area (Å²) in [6.07, 6.45) is 0.655. The van der Waals surface area contributed by atoms with Crippen molar-refractivity contribution in [2.45, 2.75) is 32.9 Å². The van der Waals surface area contributed by atoms with Crippen LogP contribution in [0.2, 0.25) is 0 Å². The van der Waals surface area contributed by atoms with Crippen LogP contribution in [0.25, 0.3) is 10.9 Å². The van der Waals surface area contributed by atoms with Crippen LogP contribution in [0.15, 0.2) is 41.2 Å². The number of carbonyl (C=O) groups excluding carboxylic acids is 1. The van der Waals surface area contributed by atoms with Gasteiger partial charge < -0.3 is 24.0 Å². The predicted octanol–water partition coefficient (Wildman–Crippen LogP) is 2.65. The van der Waals surface area contributed by atoms with Crippen molar-refractivity contribution in [1.82, 2.24) is 14.5 Å². The van der Waals surface area contributed by atoms with E-state index in [-0.39, 0.29) is 17.6 Å². The van der Waals surface area contributed by atoms with Crippen LogP contribution < -0.4 is 19.9 Å². The van der Waals surface area contributed by atoms with Gasteiger partial charge in [-0.3, -0.25) is 14.2 Å². The molecule has 9 heteroatoms. The van der Waals surface area contributed by atoms with Gasteiger partial charge in [-0.2, -0.15) is 0 Å². The number of rotatable bonds is 9. The van der Waals surface area contributed by atoms with Gasteiger partial charge in [0, 0.05) is 39.0 Å². The number of anilines is 1. The van der Waals surface area contributed by atoms with Crippen molar-refractivity contribution in [1.29, 1.82) is 0 Å². The Labute approximate surface area is 211 Å². The van der Waals surface area contributed by atoms with Crippen molar-refractivity contribution in [2.24, 2.45) is 0 Å². The molecule has 0 saturated carbocycles. The zero-order chi connectivity index (χ0) is 25.8. The summed E-state index contributed by atoms with van der Waals surface area (Å²) in [5.74, 6) is 2.06. The number of hydrogen-bond donors (Lipinski definition) is 0. The number of nitrogens with zero attached hydrogens (tertiary/aromatic N) is 4. The fourth-order valence-electron chi connectivity index (χ4n) is 4.56. The van der Waals surface area contributed by atoms with Crippen LogP contribution >= 0.6 is 0 Å². The number of carbonyl (C=O) groups is 1. The van der Waals surface area contributed by atoms with Gasteiger partial charge in [-0.15, -0.1) is 0 Å². The highest BCUT2D eigenvalue weighted by Gasteiger charge is 2.25. The van der Waals surface area contributed by atoms with Crippen LogP contribution in [-0.2, 0) is 22.5 Å². The molecule has 1 saturated heterocycles. The van der Waals surface area contributed by atoms with Crippen LogP contribution in [0.5, 0.6) is 11.5 Å². The summed E-state index contributed by atoms with van der Waals surface area (Å²) in [5, 5.41) is 0.565. The van der Waals surface area contributed by atoms with Crippen LogP contribution in [0.3, 0.4) is 0 Å². The van der Waals surface area contributed by atoms with Gasteiger partial charge in [-0.05, 0) is 56.2 Å². The summed E-state index contributed by atoms with van der Waals surface area (Å²) < 4.78 is 17.7. The lowest BCUT2D eigenvalue weighted by Gasteiger charge is -2.36. The molecule has 36 heavy (non-hydrogen) atoms. The minimum atomic E-state index is -0.0704. The zero-order valence-electron chi connectivity index (χ0n) is 21.6. The van der Waals surface area contributed by atoms with Crippen molar-refractivity contribution >= 4 is 22.5 Å². The summed E-state index contributed by atoms with van der Waals surface area (Å²) in [6.45, 7) is 6.54. The van der Waals surface area contributed by atoms with E-state index >= 15 is 0 Å². The van der Waals surface area contributed by atoms with Gasteiger partial charge in [0.05, 0.1) is 37.8 Å². The smallest absolute Gasteiger partial charge is 0.261 e. The Morgan fingerprint density at radius 2 is 1.78 bits per heavy atom. The second-order valence-electron chi connectivity index (χ2n) is 9.06. The lowest BCUT2D eigenvalue weighted by molar-refractivity contribution is -0.132. The molecule has 192 valence electrons. The van der Waals surface area contributed by atoms with Gasteiger partial charge in [0.25, 0.3) is 5.56 Å². The Morgan fingerprint density at radius 1 is 1.00 bits per heavy atom. The third-order valence-corrected chi connectivity index (χ3v) is 6.77. The van der Waals surface area contributed by atoms with E-state index in [4.69, 9.17) is 19.2 Å². The summed E-state index contributed by atoms with van der Waals surface area (Å²) in [7, 11) is 4.86. The van der Waals surface area contributed by atoms with Crippen molar-refractivity contribution < 1.29 is 19.0 Å². The van der Waals surface area contributed by atoms with E-state index in [1.807, 2.05) is 60.0 Å². The Balaban J connectivity index is 1.51. The first-order chi connectivity index (χ1) is 17.3. The second-order valence-corrected chi connectivity index (χ2v) is 9.06. The second kappa shape index (κ2) is 11.0. The molecule has 2 heterocycles. The van der Waals surface area contributed by atoms with Crippen molar-refractivity contribution in [2.75, 3.05) is 52.4 Å². The highest BCUT2D eigenvalue weighted by atomic mass is 16.5. The van der Waals surface area contributed by atoms with Gasteiger partial charge in [-0.25, -0.2) is 4.98 Å². The average molecular weight is 495 g/mol. The van der Waals surface area contributed by atoms with E-state index in [0.29, 0.717) is 60.8 Å². The zero-order valence-corrected chi connectivity index (χ0v) is 21.6. The molecule has 1 aliphatic heterocycles. The molecule has 0 spiro atoms. The number of fused-ring (bicyclic) bond motifs is 1. The average Bonchev–Trinajstić information content (AvgIpc) is 2.89. The van der Waals surface area contributed by atoms with E-state index in [1.54, 1.807) is 25.9 Å². The van der Waals surface area contributed by atoms with E-state index in [0.717, 1.165) is 17.8 Å². The number of amides is 1. The molecular formula is C27H34N4O5. The largest absolute Gasteiger partial charge is 0.493 e. The number of benzene rings is 2. The van der Waals surface area contributed by atoms with Gasteiger partial charge in [0.15, 0.2) is 11.5 Å². The number of hydrogen-bond acceptors (Lipinski definition) is 7. The first-order valence-electron chi connectivity index (χ1n) is 12.1. The maximum absolute atomic E-state index is 13.3. The third-order valence-electron chi connectivity index (χ3n) is 6.77. The van der Waals surface area contributed by atoms with E-state index in [2.05, 4.69) is 0 Å². The molecule has 4 rings (SSSR count). The molecular weight excluding hydrogens is 460 g/mol. The first kappa shape index (κ1) is 25.5. The quantitative estimate of drug-likeness (QED) is 0.452. The Morgan fingerprint density at radius 3 is 2.47 bits per heavy atom. The van der Waals surface area contributed by atoms with E-state index in [1.165, 1.54) is 0 Å². The highest BCUT2D eigenvalue weighted by Crippen LogP contribution is 2.28. The third kappa shape index (κ3) is 5.31. The molecule has 0 radical (unpaired) electrons. The predicted molar refractivity (Wildman–Crippen MR) is 139 cm³/mol. The van der Waals surface area contributed by atoms with Crippen LogP contribution in [0, 0.1) is 6.92 Å². The van der Waals surface area contributed by atoms with Gasteiger partial charge in [-0.1, -0.05) is 6.07 Å². The molecule has 1 amide bonds. The molecule has 1 aliphatic rings. The molecule has 3 aromatic rings. The lowest BCUT2D eigenvalue weighted by Crippen LogP contribution is -2.52. The normalized spacial score (nSPS) is 14.9. The molecule has 0 aliphatic carbocycles. The lowest BCUT2D eigenvalue weighted by atomic mass is 10.1. The minimum Gasteiger partial charge on any atom is -0.493 e. The number of ether oxygens (including phenoxy) is 3. The fraction of sp³-hybridized carbons (Fsp3) is 0.444. The van der Waals surface area contributed by atoms with Crippen molar-refractivity contribution in [3.63, 3.8) is 0 Å². The summed E-state index contributed by atoms with van der Waals surface area (Å²) in [5.41, 5.74) is 2.50. The molecule has 0 N–H and O–H groups in total. The van der Waals surface area contributed by atoms with Crippen molar-refractivity contribution in [3.05, 3.63) is 58.1 Å². The summed E-state index contributed by atoms with van der Waals surface area (Å²) in [4.78, 5) is 34.6. The maximum Gasteiger partial charge on any atom is 0.261 e. The van der Waals surface area contributed by atoms with Crippen LogP contribution in [-0.4, -0.2) is 74.0 Å². The van der Waals surface area contributed by atoms with Crippen LogP contribution in [0.1, 0.15) is 18.3 Å². The maximum atomic E-state index is 13.3. The van der Waals surface area contributed by atoms with Crippen molar-refractivity contribution in [3.8, 4) is 11.5 Å². The fourth-order valence-corrected chi connectivity index (χ4v) is 4.56. The summed E-state index contributed by atoms with van der Waals surface area (Å²) >= 11 is 0. The molecule has 0 unspecified atom stereocenters. The van der Waals surface area contributed by atoms with E-state index in [9.17, 15) is 9.59 Å². The minimum absolute atomic E-state index is 0.00210. The molecule has 2 aromatic carbocycles. The molecule has 1 atom stereocenters. The van der Waals surface area contributed by atoms with Gasteiger partial charge in [0.1, 0.15) is 5.82 Å². The Hall–Kier alpha value is -3.59. The topological polar surface area (TPSA) is 86.1 Å². The standard InChI is InChI=1S/C27H34N4O5/c1-18(34-3)16-30-13-12-29(17-26(30)32)21-7-8-22-23(15-21)28-19(2)31(27(22)33)11-10-20-6-9-24(35-4)25(14-20)36-5/h6-9,14-15,18H,10-13,16-17H2,1-5H3/t18-/m0/s1.